The van der Waals surface area contributed by atoms with Crippen molar-refractivity contribution < 1.29 is 0 Å². The van der Waals surface area contributed by atoms with E-state index < -0.39 is 4.33 Å². The van der Waals surface area contributed by atoms with Crippen molar-refractivity contribution in [1.29, 1.82) is 0 Å². The third-order valence-corrected chi connectivity index (χ3v) is 3.71. The zero-order valence-electron chi connectivity index (χ0n) is 7.62. The lowest BCUT2D eigenvalue weighted by atomic mass is 9.79. The zero-order chi connectivity index (χ0) is 8.86. The molecule has 0 unspecified atom stereocenters. The molecule has 1 fully saturated rings. The fourth-order valence-electron chi connectivity index (χ4n) is 1.38. The highest BCUT2D eigenvalue weighted by Crippen LogP contribution is 2.59. The van der Waals surface area contributed by atoms with E-state index in [1.807, 2.05) is 0 Å². The zero-order valence-corrected chi connectivity index (χ0v) is 9.13. The van der Waals surface area contributed by atoms with Crippen LogP contribution in [0.5, 0.6) is 0 Å². The standard InChI is InChI=1S/C9H16Cl2/c1-6(8(2,3)4)7-5-9(7,10)11/h6-7H,5H2,1-4H3/t6-,7+/m0/s1. The molecule has 0 aromatic heterocycles. The van der Waals surface area contributed by atoms with Gasteiger partial charge in [0.15, 0.2) is 0 Å². The van der Waals surface area contributed by atoms with Crippen LogP contribution in [0.1, 0.15) is 34.1 Å². The minimum Gasteiger partial charge on any atom is -0.101 e. The van der Waals surface area contributed by atoms with Gasteiger partial charge in [0.2, 0.25) is 0 Å². The maximum absolute atomic E-state index is 5.97. The maximum Gasteiger partial charge on any atom is 0.121 e. The second-order valence-electron chi connectivity index (χ2n) is 4.73. The van der Waals surface area contributed by atoms with Crippen LogP contribution in [-0.4, -0.2) is 4.33 Å². The van der Waals surface area contributed by atoms with Gasteiger partial charge in [-0.05, 0) is 23.7 Å². The fraction of sp³-hybridized carbons (Fsp3) is 1.00. The van der Waals surface area contributed by atoms with Crippen LogP contribution in [-0.2, 0) is 0 Å². The largest absolute Gasteiger partial charge is 0.121 e. The Balaban J connectivity index is 2.52. The molecule has 0 spiro atoms. The molecular formula is C9H16Cl2. The molecule has 11 heavy (non-hydrogen) atoms. The van der Waals surface area contributed by atoms with Crippen LogP contribution in [0, 0.1) is 17.3 Å². The van der Waals surface area contributed by atoms with Gasteiger partial charge in [0.1, 0.15) is 4.33 Å². The highest BCUT2D eigenvalue weighted by atomic mass is 35.5. The SMILES string of the molecule is C[C@@H]([C@H]1CC1(Cl)Cl)C(C)(C)C. The smallest absolute Gasteiger partial charge is 0.101 e. The molecule has 1 rings (SSSR count). The lowest BCUT2D eigenvalue weighted by Crippen LogP contribution is -2.21. The summed E-state index contributed by atoms with van der Waals surface area (Å²) in [4.78, 5) is 0. The van der Waals surface area contributed by atoms with E-state index in [0.29, 0.717) is 17.3 Å². The van der Waals surface area contributed by atoms with Crippen LogP contribution in [0.4, 0.5) is 0 Å². The summed E-state index contributed by atoms with van der Waals surface area (Å²) in [5.41, 5.74) is 0.330. The highest BCUT2D eigenvalue weighted by Gasteiger charge is 2.56. The Hall–Kier alpha value is 0.580. The van der Waals surface area contributed by atoms with Crippen LogP contribution in [0.15, 0.2) is 0 Å². The highest BCUT2D eigenvalue weighted by molar-refractivity contribution is 6.50. The van der Waals surface area contributed by atoms with Crippen LogP contribution in [0.2, 0.25) is 0 Å². The molecular weight excluding hydrogens is 179 g/mol. The number of halogens is 2. The first-order valence-electron chi connectivity index (χ1n) is 4.13. The molecule has 2 heteroatoms. The molecule has 0 nitrogen and oxygen atoms in total. The number of alkyl halides is 2. The van der Waals surface area contributed by atoms with Crippen LogP contribution in [0.3, 0.4) is 0 Å². The van der Waals surface area contributed by atoms with Crippen molar-refractivity contribution in [3.05, 3.63) is 0 Å². The summed E-state index contributed by atoms with van der Waals surface area (Å²) in [6, 6.07) is 0. The first kappa shape index (κ1) is 9.67. The van der Waals surface area contributed by atoms with E-state index in [0.717, 1.165) is 6.42 Å². The Kier molecular flexibility index (Phi) is 2.23. The lowest BCUT2D eigenvalue weighted by molar-refractivity contribution is 0.231. The van der Waals surface area contributed by atoms with Gasteiger partial charge in [0.05, 0.1) is 0 Å². The third-order valence-electron chi connectivity index (χ3n) is 2.84. The summed E-state index contributed by atoms with van der Waals surface area (Å²) in [6.07, 6.45) is 0.967. The number of rotatable bonds is 1. The van der Waals surface area contributed by atoms with Gasteiger partial charge in [0.25, 0.3) is 0 Å². The molecule has 0 aromatic rings. The topological polar surface area (TPSA) is 0 Å². The average molecular weight is 195 g/mol. The minimum absolute atomic E-state index is 0.330. The van der Waals surface area contributed by atoms with E-state index in [4.69, 9.17) is 23.2 Å². The van der Waals surface area contributed by atoms with Gasteiger partial charge in [-0.1, -0.05) is 27.7 Å². The van der Waals surface area contributed by atoms with E-state index in [1.54, 1.807) is 0 Å². The quantitative estimate of drug-likeness (QED) is 0.557. The fourth-order valence-corrected chi connectivity index (χ4v) is 2.09. The predicted octanol–water partition coefficient (Wildman–Crippen LogP) is 3.86. The van der Waals surface area contributed by atoms with Gasteiger partial charge in [0, 0.05) is 0 Å². The first-order chi connectivity index (χ1) is 4.75. The summed E-state index contributed by atoms with van der Waals surface area (Å²) < 4.78 is -0.410. The Morgan fingerprint density at radius 1 is 1.36 bits per heavy atom. The van der Waals surface area contributed by atoms with Gasteiger partial charge in [-0.15, -0.1) is 23.2 Å². The lowest BCUT2D eigenvalue weighted by Gasteiger charge is -2.27. The first-order valence-corrected chi connectivity index (χ1v) is 4.88. The van der Waals surface area contributed by atoms with Crippen LogP contribution >= 0.6 is 23.2 Å². The van der Waals surface area contributed by atoms with E-state index in [2.05, 4.69) is 27.7 Å². The van der Waals surface area contributed by atoms with Crippen molar-refractivity contribution in [2.75, 3.05) is 0 Å². The van der Waals surface area contributed by atoms with Crippen molar-refractivity contribution in [1.82, 2.24) is 0 Å². The summed E-state index contributed by atoms with van der Waals surface area (Å²) in [6.45, 7) is 8.94. The molecule has 1 aliphatic carbocycles. The van der Waals surface area contributed by atoms with E-state index >= 15 is 0 Å². The summed E-state index contributed by atoms with van der Waals surface area (Å²) in [5.74, 6) is 1.11. The molecule has 1 aliphatic rings. The van der Waals surface area contributed by atoms with E-state index in [9.17, 15) is 0 Å². The monoisotopic (exact) mass is 194 g/mol. The van der Waals surface area contributed by atoms with Gasteiger partial charge in [-0.25, -0.2) is 0 Å². The van der Waals surface area contributed by atoms with Crippen LogP contribution < -0.4 is 0 Å². The molecule has 0 amide bonds. The van der Waals surface area contributed by atoms with Crippen molar-refractivity contribution in [3.8, 4) is 0 Å². The normalized spacial score (nSPS) is 31.6. The summed E-state index contributed by atoms with van der Waals surface area (Å²) >= 11 is 11.9. The third kappa shape index (κ3) is 2.03. The molecule has 1 saturated carbocycles. The van der Waals surface area contributed by atoms with Crippen molar-refractivity contribution >= 4 is 23.2 Å². The van der Waals surface area contributed by atoms with E-state index in [-0.39, 0.29) is 0 Å². The van der Waals surface area contributed by atoms with Crippen molar-refractivity contribution in [2.24, 2.45) is 17.3 Å². The molecule has 0 bridgehead atoms. The summed E-state index contributed by atoms with van der Waals surface area (Å²) in [7, 11) is 0. The van der Waals surface area contributed by atoms with Gasteiger partial charge >= 0.3 is 0 Å². The van der Waals surface area contributed by atoms with Gasteiger partial charge in [-0.2, -0.15) is 0 Å². The molecule has 0 aromatic carbocycles. The molecule has 2 atom stereocenters. The molecule has 0 N–H and O–H groups in total. The molecule has 66 valence electrons. The Morgan fingerprint density at radius 3 is 1.82 bits per heavy atom. The number of hydrogen-bond donors (Lipinski definition) is 0. The summed E-state index contributed by atoms with van der Waals surface area (Å²) in [5, 5.41) is 0. The number of hydrogen-bond acceptors (Lipinski definition) is 0. The molecule has 0 aliphatic heterocycles. The van der Waals surface area contributed by atoms with Crippen LogP contribution in [0.25, 0.3) is 0 Å². The second-order valence-corrected chi connectivity index (χ2v) is 6.27. The Bertz CT molecular complexity index is 155. The average Bonchev–Trinajstić information content (AvgIpc) is 2.36. The molecule has 0 radical (unpaired) electrons. The van der Waals surface area contributed by atoms with Gasteiger partial charge in [-0.3, -0.25) is 0 Å². The minimum atomic E-state index is -0.410. The Morgan fingerprint density at radius 2 is 1.73 bits per heavy atom. The maximum atomic E-state index is 5.97. The Labute approximate surface area is 79.3 Å². The molecule has 0 saturated heterocycles. The predicted molar refractivity (Wildman–Crippen MR) is 51.2 cm³/mol. The van der Waals surface area contributed by atoms with E-state index in [1.165, 1.54) is 0 Å². The molecule has 0 heterocycles. The van der Waals surface area contributed by atoms with Crippen molar-refractivity contribution in [3.63, 3.8) is 0 Å². The second kappa shape index (κ2) is 2.53. The van der Waals surface area contributed by atoms with Gasteiger partial charge < -0.3 is 0 Å². The van der Waals surface area contributed by atoms with Crippen molar-refractivity contribution in [2.45, 2.75) is 38.4 Å².